The molecule has 0 heterocycles. The van der Waals surface area contributed by atoms with Crippen LogP contribution in [0, 0.1) is 17.2 Å². The van der Waals surface area contributed by atoms with Gasteiger partial charge in [0.25, 0.3) is 0 Å². The van der Waals surface area contributed by atoms with Crippen molar-refractivity contribution in [1.82, 2.24) is 0 Å². The van der Waals surface area contributed by atoms with E-state index in [1.165, 1.54) is 25.7 Å². The second kappa shape index (κ2) is 3.41. The van der Waals surface area contributed by atoms with E-state index in [1.54, 1.807) is 0 Å². The average Bonchev–Trinajstić information content (AvgIpc) is 2.38. The van der Waals surface area contributed by atoms with Gasteiger partial charge in [-0.05, 0) is 18.8 Å². The molecule has 1 aliphatic carbocycles. The Kier molecular flexibility index (Phi) is 2.50. The van der Waals surface area contributed by atoms with Crippen molar-refractivity contribution in [1.29, 1.82) is 5.26 Å². The molecule has 0 aliphatic heterocycles. The molecular weight excluding hydrogens is 122 g/mol. The van der Waals surface area contributed by atoms with Crippen LogP contribution in [0.25, 0.3) is 0 Å². The summed E-state index contributed by atoms with van der Waals surface area (Å²) in [6, 6.07) is 2.14. The molecule has 0 amide bonds. The van der Waals surface area contributed by atoms with Crippen LogP contribution in [0.2, 0.25) is 0 Å². The second-order valence-corrected chi connectivity index (χ2v) is 2.97. The Morgan fingerprint density at radius 1 is 1.50 bits per heavy atom. The molecule has 0 atom stereocenters. The Balaban J connectivity index is 2.34. The Hall–Kier alpha value is -0.770. The van der Waals surface area contributed by atoms with E-state index >= 15 is 0 Å². The molecule has 1 heteroatoms. The minimum atomic E-state index is 0.560. The van der Waals surface area contributed by atoms with Crippen molar-refractivity contribution in [2.24, 2.45) is 5.92 Å². The van der Waals surface area contributed by atoms with Crippen molar-refractivity contribution in [3.63, 3.8) is 0 Å². The summed E-state index contributed by atoms with van der Waals surface area (Å²) in [6.07, 6.45) is 5.75. The van der Waals surface area contributed by atoms with Gasteiger partial charge in [0.05, 0.1) is 12.5 Å². The van der Waals surface area contributed by atoms with Gasteiger partial charge in [-0.2, -0.15) is 5.26 Å². The predicted octanol–water partition coefficient (Wildman–Crippen LogP) is 2.65. The number of hydrogen-bond acceptors (Lipinski definition) is 1. The molecule has 0 radical (unpaired) electrons. The highest BCUT2D eigenvalue weighted by molar-refractivity contribution is 5.07. The molecule has 1 nitrogen and oxygen atoms in total. The quantitative estimate of drug-likeness (QED) is 0.534. The first-order chi connectivity index (χ1) is 4.84. The van der Waals surface area contributed by atoms with Crippen molar-refractivity contribution in [3.8, 4) is 6.07 Å². The topological polar surface area (TPSA) is 23.8 Å². The van der Waals surface area contributed by atoms with E-state index in [-0.39, 0.29) is 0 Å². The molecule has 1 aliphatic rings. The van der Waals surface area contributed by atoms with E-state index in [4.69, 9.17) is 5.26 Å². The molecule has 0 N–H and O–H groups in total. The van der Waals surface area contributed by atoms with Gasteiger partial charge in [-0.25, -0.2) is 0 Å². The van der Waals surface area contributed by atoms with Crippen LogP contribution in [-0.2, 0) is 0 Å². The fourth-order valence-electron chi connectivity index (χ4n) is 1.58. The zero-order valence-corrected chi connectivity index (χ0v) is 6.27. The maximum absolute atomic E-state index is 8.39. The van der Waals surface area contributed by atoms with Gasteiger partial charge in [0.1, 0.15) is 0 Å². The van der Waals surface area contributed by atoms with Crippen LogP contribution in [0.1, 0.15) is 32.1 Å². The van der Waals surface area contributed by atoms with Crippen LogP contribution in [0.5, 0.6) is 0 Å². The van der Waals surface area contributed by atoms with Crippen molar-refractivity contribution >= 4 is 0 Å². The lowest BCUT2D eigenvalue weighted by Crippen LogP contribution is -1.95. The summed E-state index contributed by atoms with van der Waals surface area (Å²) in [5.41, 5.74) is 1.15. The molecule has 0 bridgehead atoms. The molecule has 54 valence electrons. The molecule has 1 rings (SSSR count). The minimum Gasteiger partial charge on any atom is -0.198 e. The largest absolute Gasteiger partial charge is 0.198 e. The second-order valence-electron chi connectivity index (χ2n) is 2.97. The van der Waals surface area contributed by atoms with Gasteiger partial charge in [-0.3, -0.25) is 0 Å². The fourth-order valence-corrected chi connectivity index (χ4v) is 1.58. The lowest BCUT2D eigenvalue weighted by atomic mass is 9.97. The van der Waals surface area contributed by atoms with Crippen molar-refractivity contribution in [2.75, 3.05) is 0 Å². The van der Waals surface area contributed by atoms with Gasteiger partial charge < -0.3 is 0 Å². The van der Waals surface area contributed by atoms with E-state index in [0.29, 0.717) is 12.3 Å². The highest BCUT2D eigenvalue weighted by atomic mass is 14.3. The van der Waals surface area contributed by atoms with Crippen LogP contribution in [0.3, 0.4) is 0 Å². The maximum Gasteiger partial charge on any atom is 0.0666 e. The Labute approximate surface area is 62.4 Å². The third kappa shape index (κ3) is 1.60. The van der Waals surface area contributed by atoms with E-state index in [2.05, 4.69) is 12.6 Å². The van der Waals surface area contributed by atoms with Crippen molar-refractivity contribution in [2.45, 2.75) is 32.1 Å². The number of nitriles is 1. The summed E-state index contributed by atoms with van der Waals surface area (Å²) in [7, 11) is 0. The van der Waals surface area contributed by atoms with E-state index in [9.17, 15) is 0 Å². The lowest BCUT2D eigenvalue weighted by Gasteiger charge is -2.07. The summed E-state index contributed by atoms with van der Waals surface area (Å²) in [4.78, 5) is 0. The Bertz CT molecular complexity index is 158. The monoisotopic (exact) mass is 135 g/mol. The van der Waals surface area contributed by atoms with E-state index < -0.39 is 0 Å². The predicted molar refractivity (Wildman–Crippen MR) is 41.3 cm³/mol. The molecule has 0 unspecified atom stereocenters. The highest BCUT2D eigenvalue weighted by Gasteiger charge is 2.16. The standard InChI is InChI=1S/C9H13N/c1-8(6-7-10)9-4-2-3-5-9/h9H,1-6H2. The molecule has 0 saturated heterocycles. The average molecular weight is 135 g/mol. The van der Waals surface area contributed by atoms with Gasteiger partial charge in [0, 0.05) is 0 Å². The Morgan fingerprint density at radius 2 is 2.10 bits per heavy atom. The number of rotatable bonds is 2. The van der Waals surface area contributed by atoms with E-state index in [0.717, 1.165) is 5.57 Å². The molecule has 0 aromatic heterocycles. The first kappa shape index (κ1) is 7.34. The highest BCUT2D eigenvalue weighted by Crippen LogP contribution is 2.31. The maximum atomic E-state index is 8.39. The molecular formula is C9H13N. The molecule has 0 aromatic carbocycles. The number of nitrogens with zero attached hydrogens (tertiary/aromatic N) is 1. The van der Waals surface area contributed by atoms with Crippen LogP contribution in [-0.4, -0.2) is 0 Å². The first-order valence-corrected chi connectivity index (χ1v) is 3.89. The lowest BCUT2D eigenvalue weighted by molar-refractivity contribution is 0.633. The van der Waals surface area contributed by atoms with Gasteiger partial charge in [0.2, 0.25) is 0 Å². The number of allylic oxidation sites excluding steroid dienone is 1. The summed E-state index contributed by atoms with van der Waals surface area (Å²) in [6.45, 7) is 3.90. The summed E-state index contributed by atoms with van der Waals surface area (Å²) < 4.78 is 0. The summed E-state index contributed by atoms with van der Waals surface area (Å²) in [5, 5.41) is 8.39. The third-order valence-electron chi connectivity index (χ3n) is 2.24. The molecule has 1 saturated carbocycles. The first-order valence-electron chi connectivity index (χ1n) is 3.89. The third-order valence-corrected chi connectivity index (χ3v) is 2.24. The van der Waals surface area contributed by atoms with Gasteiger partial charge >= 0.3 is 0 Å². The molecule has 1 fully saturated rings. The van der Waals surface area contributed by atoms with Gasteiger partial charge in [-0.15, -0.1) is 0 Å². The SMILES string of the molecule is C=C(CC#N)C1CCCC1. The Morgan fingerprint density at radius 3 is 2.60 bits per heavy atom. The minimum absolute atomic E-state index is 0.560. The molecule has 10 heavy (non-hydrogen) atoms. The van der Waals surface area contributed by atoms with Crippen molar-refractivity contribution < 1.29 is 0 Å². The zero-order valence-electron chi connectivity index (χ0n) is 6.27. The van der Waals surface area contributed by atoms with Crippen LogP contribution in [0.15, 0.2) is 12.2 Å². The smallest absolute Gasteiger partial charge is 0.0666 e. The fraction of sp³-hybridized carbons (Fsp3) is 0.667. The summed E-state index contributed by atoms with van der Waals surface area (Å²) in [5.74, 6) is 0.666. The van der Waals surface area contributed by atoms with Crippen LogP contribution >= 0.6 is 0 Å². The summed E-state index contributed by atoms with van der Waals surface area (Å²) >= 11 is 0. The zero-order chi connectivity index (χ0) is 7.40. The van der Waals surface area contributed by atoms with Crippen LogP contribution in [0.4, 0.5) is 0 Å². The molecule has 0 aromatic rings. The molecule has 0 spiro atoms. The van der Waals surface area contributed by atoms with Crippen molar-refractivity contribution in [3.05, 3.63) is 12.2 Å². The van der Waals surface area contributed by atoms with Crippen LogP contribution < -0.4 is 0 Å². The number of hydrogen-bond donors (Lipinski definition) is 0. The van der Waals surface area contributed by atoms with Gasteiger partial charge in [-0.1, -0.05) is 25.0 Å². The van der Waals surface area contributed by atoms with Gasteiger partial charge in [0.15, 0.2) is 0 Å². The van der Waals surface area contributed by atoms with E-state index in [1.807, 2.05) is 0 Å². The normalized spacial score (nSPS) is 18.7.